The minimum atomic E-state index is -3.11. The largest absolute Gasteiger partial charge is 0.440 e. The molecule has 6 nitrogen and oxygen atoms in total. The summed E-state index contributed by atoms with van der Waals surface area (Å²) < 4.78 is 28.6. The van der Waals surface area contributed by atoms with Crippen LogP contribution in [0.4, 0.5) is 10.5 Å². The third kappa shape index (κ3) is 2.16. The van der Waals surface area contributed by atoms with Gasteiger partial charge in [0.15, 0.2) is 9.84 Å². The summed E-state index contributed by atoms with van der Waals surface area (Å²) in [4.78, 5) is 13.6. The van der Waals surface area contributed by atoms with Crippen LogP contribution in [0.25, 0.3) is 0 Å². The van der Waals surface area contributed by atoms with Gasteiger partial charge in [-0.05, 0) is 11.6 Å². The molecule has 1 atom stereocenters. The highest BCUT2D eigenvalue weighted by Gasteiger charge is 2.52. The number of ether oxygens (including phenoxy) is 1. The maximum absolute atomic E-state index is 12.1. The van der Waals surface area contributed by atoms with Crippen molar-refractivity contribution in [3.8, 4) is 0 Å². The summed E-state index contributed by atoms with van der Waals surface area (Å²) in [5.74, 6) is -0.0142. The Morgan fingerprint density at radius 1 is 1.35 bits per heavy atom. The Bertz CT molecular complexity index is 658. The topological polar surface area (TPSA) is 89.7 Å². The zero-order chi connectivity index (χ0) is 14.4. The normalized spacial score (nSPS) is 28.1. The summed E-state index contributed by atoms with van der Waals surface area (Å²) in [7, 11) is -3.11. The van der Waals surface area contributed by atoms with Gasteiger partial charge in [0.2, 0.25) is 0 Å². The van der Waals surface area contributed by atoms with E-state index in [2.05, 4.69) is 0 Å². The van der Waals surface area contributed by atoms with E-state index in [1.165, 1.54) is 4.90 Å². The quantitative estimate of drug-likeness (QED) is 0.866. The Kier molecular flexibility index (Phi) is 2.98. The summed E-state index contributed by atoms with van der Waals surface area (Å²) in [6.07, 6.45) is -0.134. The van der Waals surface area contributed by atoms with Gasteiger partial charge in [-0.2, -0.15) is 0 Å². The minimum absolute atomic E-state index is 0.0760. The number of hydrogen-bond acceptors (Lipinski definition) is 5. The fraction of sp³-hybridized carbons (Fsp3) is 0.462. The molecule has 1 amide bonds. The first kappa shape index (κ1) is 13.4. The Hall–Kier alpha value is -1.60. The SMILES string of the molecule is NCc1ccccc1N1CC2(CCS(=O)(=O)C2)OC1=O. The second kappa shape index (κ2) is 4.46. The fourth-order valence-electron chi connectivity index (χ4n) is 2.85. The highest BCUT2D eigenvalue weighted by atomic mass is 32.2. The summed E-state index contributed by atoms with van der Waals surface area (Å²) >= 11 is 0. The van der Waals surface area contributed by atoms with Crippen LogP contribution in [0.1, 0.15) is 12.0 Å². The van der Waals surface area contributed by atoms with Crippen LogP contribution in [-0.4, -0.2) is 38.2 Å². The predicted octanol–water partition coefficient (Wildman–Crippen LogP) is 0.659. The number of para-hydroxylation sites is 1. The van der Waals surface area contributed by atoms with Crippen molar-refractivity contribution >= 4 is 21.6 Å². The average molecular weight is 296 g/mol. The van der Waals surface area contributed by atoms with Gasteiger partial charge < -0.3 is 10.5 Å². The van der Waals surface area contributed by atoms with Crippen LogP contribution < -0.4 is 10.6 Å². The van der Waals surface area contributed by atoms with Crippen molar-refractivity contribution in [3.05, 3.63) is 29.8 Å². The molecule has 7 heteroatoms. The summed E-state index contributed by atoms with van der Waals surface area (Å²) in [6.45, 7) is 0.577. The molecule has 2 aliphatic rings. The van der Waals surface area contributed by atoms with Crippen LogP contribution in [0.3, 0.4) is 0 Å². The minimum Gasteiger partial charge on any atom is -0.440 e. The highest BCUT2D eigenvalue weighted by molar-refractivity contribution is 7.91. The van der Waals surface area contributed by atoms with E-state index in [4.69, 9.17) is 10.5 Å². The lowest BCUT2D eigenvalue weighted by Crippen LogP contribution is -2.36. The number of sulfone groups is 1. The molecule has 108 valence electrons. The van der Waals surface area contributed by atoms with Crippen molar-refractivity contribution in [2.24, 2.45) is 5.73 Å². The van der Waals surface area contributed by atoms with Gasteiger partial charge in [-0.25, -0.2) is 13.2 Å². The summed E-state index contributed by atoms with van der Waals surface area (Å²) in [6, 6.07) is 7.31. The highest BCUT2D eigenvalue weighted by Crippen LogP contribution is 2.37. The van der Waals surface area contributed by atoms with E-state index in [0.717, 1.165) is 5.56 Å². The molecule has 2 heterocycles. The molecule has 0 saturated carbocycles. The van der Waals surface area contributed by atoms with E-state index in [-0.39, 0.29) is 18.1 Å². The molecule has 20 heavy (non-hydrogen) atoms. The number of hydrogen-bond donors (Lipinski definition) is 1. The van der Waals surface area contributed by atoms with Gasteiger partial charge in [0.05, 0.1) is 23.7 Å². The molecular weight excluding hydrogens is 280 g/mol. The van der Waals surface area contributed by atoms with Crippen LogP contribution in [0, 0.1) is 0 Å². The molecule has 0 aliphatic carbocycles. The molecule has 1 unspecified atom stereocenters. The Morgan fingerprint density at radius 2 is 2.10 bits per heavy atom. The number of nitrogens with zero attached hydrogens (tertiary/aromatic N) is 1. The standard InChI is InChI=1S/C13H16N2O4S/c14-7-10-3-1-2-4-11(10)15-8-13(19-12(15)16)5-6-20(17,18)9-13/h1-4H,5-9,14H2. The van der Waals surface area contributed by atoms with Crippen molar-refractivity contribution in [3.63, 3.8) is 0 Å². The smallest absolute Gasteiger partial charge is 0.415 e. The number of rotatable bonds is 2. The maximum Gasteiger partial charge on any atom is 0.415 e. The zero-order valence-electron chi connectivity index (χ0n) is 10.9. The Morgan fingerprint density at radius 3 is 2.75 bits per heavy atom. The predicted molar refractivity (Wildman–Crippen MR) is 74.2 cm³/mol. The van der Waals surface area contributed by atoms with E-state index in [1.54, 1.807) is 6.07 Å². The van der Waals surface area contributed by atoms with E-state index in [9.17, 15) is 13.2 Å². The molecule has 0 bridgehead atoms. The number of nitrogens with two attached hydrogens (primary N) is 1. The molecule has 1 aromatic carbocycles. The van der Waals surface area contributed by atoms with Crippen LogP contribution in [0.15, 0.2) is 24.3 Å². The molecule has 3 rings (SSSR count). The first-order valence-electron chi connectivity index (χ1n) is 6.44. The summed E-state index contributed by atoms with van der Waals surface area (Å²) in [5.41, 5.74) is 6.32. The second-order valence-electron chi connectivity index (χ2n) is 5.31. The van der Waals surface area contributed by atoms with E-state index in [1.807, 2.05) is 18.2 Å². The van der Waals surface area contributed by atoms with Crippen LogP contribution in [-0.2, 0) is 21.1 Å². The molecule has 0 aromatic heterocycles. The number of benzene rings is 1. The van der Waals surface area contributed by atoms with Gasteiger partial charge in [0, 0.05) is 13.0 Å². The Balaban J connectivity index is 1.92. The number of amides is 1. The van der Waals surface area contributed by atoms with E-state index in [0.29, 0.717) is 18.7 Å². The van der Waals surface area contributed by atoms with Crippen LogP contribution >= 0.6 is 0 Å². The first-order valence-corrected chi connectivity index (χ1v) is 8.26. The first-order chi connectivity index (χ1) is 9.45. The van der Waals surface area contributed by atoms with Crippen LogP contribution in [0.2, 0.25) is 0 Å². The third-order valence-corrected chi connectivity index (χ3v) is 5.62. The average Bonchev–Trinajstić information content (AvgIpc) is 2.88. The van der Waals surface area contributed by atoms with E-state index >= 15 is 0 Å². The lowest BCUT2D eigenvalue weighted by Gasteiger charge is -2.19. The molecule has 2 saturated heterocycles. The van der Waals surface area contributed by atoms with Crippen molar-refractivity contribution in [1.29, 1.82) is 0 Å². The Labute approximate surface area is 117 Å². The van der Waals surface area contributed by atoms with Gasteiger partial charge in [-0.3, -0.25) is 4.90 Å². The van der Waals surface area contributed by atoms with Crippen LogP contribution in [0.5, 0.6) is 0 Å². The van der Waals surface area contributed by atoms with Gasteiger partial charge >= 0.3 is 6.09 Å². The van der Waals surface area contributed by atoms with Crippen molar-refractivity contribution < 1.29 is 17.9 Å². The molecule has 2 aliphatic heterocycles. The van der Waals surface area contributed by atoms with Gasteiger partial charge in [-0.1, -0.05) is 18.2 Å². The molecule has 2 fully saturated rings. The second-order valence-corrected chi connectivity index (χ2v) is 7.50. The molecule has 0 radical (unpaired) electrons. The molecule has 1 aromatic rings. The van der Waals surface area contributed by atoms with Gasteiger partial charge in [0.1, 0.15) is 5.60 Å². The van der Waals surface area contributed by atoms with Gasteiger partial charge in [-0.15, -0.1) is 0 Å². The van der Waals surface area contributed by atoms with Crippen molar-refractivity contribution in [2.75, 3.05) is 23.0 Å². The number of carbonyl (C=O) groups excluding carboxylic acids is 1. The molecular formula is C13H16N2O4S. The molecule has 1 spiro atoms. The fourth-order valence-corrected chi connectivity index (χ4v) is 4.77. The lowest BCUT2D eigenvalue weighted by molar-refractivity contribution is 0.0779. The van der Waals surface area contributed by atoms with Crippen molar-refractivity contribution in [1.82, 2.24) is 0 Å². The summed E-state index contributed by atoms with van der Waals surface area (Å²) in [5, 5.41) is 0. The number of carbonyl (C=O) groups is 1. The third-order valence-electron chi connectivity index (χ3n) is 3.82. The lowest BCUT2D eigenvalue weighted by atomic mass is 10.0. The monoisotopic (exact) mass is 296 g/mol. The van der Waals surface area contributed by atoms with Gasteiger partial charge in [0.25, 0.3) is 0 Å². The maximum atomic E-state index is 12.1. The number of anilines is 1. The molecule has 2 N–H and O–H groups in total. The zero-order valence-corrected chi connectivity index (χ0v) is 11.7. The van der Waals surface area contributed by atoms with Crippen molar-refractivity contribution in [2.45, 2.75) is 18.6 Å². The van der Waals surface area contributed by atoms with E-state index < -0.39 is 21.5 Å².